The van der Waals surface area contributed by atoms with Crippen LogP contribution in [0.3, 0.4) is 0 Å². The maximum Gasteiger partial charge on any atom is 0.318 e. The Kier molecular flexibility index (Phi) is 7.03. The summed E-state index contributed by atoms with van der Waals surface area (Å²) < 4.78 is 10.5. The van der Waals surface area contributed by atoms with E-state index < -0.39 is 23.8 Å². The molecule has 26 heavy (non-hydrogen) atoms. The first kappa shape index (κ1) is 20.2. The van der Waals surface area contributed by atoms with Gasteiger partial charge in [-0.25, -0.2) is 0 Å². The van der Waals surface area contributed by atoms with E-state index in [1.54, 1.807) is 33.8 Å². The van der Waals surface area contributed by atoms with Crippen molar-refractivity contribution in [3.63, 3.8) is 0 Å². The fourth-order valence-electron chi connectivity index (χ4n) is 2.64. The average Bonchev–Trinajstić information content (AvgIpc) is 2.56. The summed E-state index contributed by atoms with van der Waals surface area (Å²) in [5, 5.41) is 0. The second-order valence-electron chi connectivity index (χ2n) is 6.64. The van der Waals surface area contributed by atoms with Gasteiger partial charge < -0.3 is 9.47 Å². The van der Waals surface area contributed by atoms with Crippen LogP contribution in [0.4, 0.5) is 0 Å². The van der Waals surface area contributed by atoms with Crippen LogP contribution in [0.15, 0.2) is 46.2 Å². The van der Waals surface area contributed by atoms with E-state index in [0.29, 0.717) is 4.91 Å². The molecule has 6 heteroatoms. The lowest BCUT2D eigenvalue weighted by Gasteiger charge is -2.28. The third kappa shape index (κ3) is 5.21. The zero-order valence-electron chi connectivity index (χ0n) is 15.4. The van der Waals surface area contributed by atoms with Gasteiger partial charge in [-0.15, -0.1) is 0 Å². The number of esters is 2. The number of allylic oxidation sites excluding steroid dienone is 2. The molecule has 0 spiro atoms. The lowest BCUT2D eigenvalue weighted by atomic mass is 9.82. The number of ketones is 1. The van der Waals surface area contributed by atoms with Crippen molar-refractivity contribution in [2.75, 3.05) is 0 Å². The van der Waals surface area contributed by atoms with Crippen LogP contribution in [0.5, 0.6) is 0 Å². The molecule has 1 aliphatic rings. The molecule has 0 fully saturated rings. The third-order valence-corrected chi connectivity index (χ3v) is 4.81. The highest BCUT2D eigenvalue weighted by molar-refractivity contribution is 8.04. The van der Waals surface area contributed by atoms with Gasteiger partial charge in [-0.3, -0.25) is 14.4 Å². The van der Waals surface area contributed by atoms with E-state index in [9.17, 15) is 14.4 Å². The van der Waals surface area contributed by atoms with Crippen molar-refractivity contribution in [1.29, 1.82) is 0 Å². The highest BCUT2D eigenvalue weighted by Crippen LogP contribution is 2.37. The van der Waals surface area contributed by atoms with Crippen LogP contribution in [0.2, 0.25) is 0 Å². The molecule has 0 saturated heterocycles. The van der Waals surface area contributed by atoms with E-state index >= 15 is 0 Å². The van der Waals surface area contributed by atoms with Crippen molar-refractivity contribution in [3.05, 3.63) is 41.3 Å². The first-order valence-corrected chi connectivity index (χ1v) is 9.49. The summed E-state index contributed by atoms with van der Waals surface area (Å²) in [7, 11) is 0. The summed E-state index contributed by atoms with van der Waals surface area (Å²) >= 11 is 1.29. The Morgan fingerprint density at radius 3 is 2.15 bits per heavy atom. The molecular weight excluding hydrogens is 352 g/mol. The Bertz CT molecular complexity index is 693. The Labute approximate surface area is 158 Å². The number of rotatable bonds is 6. The van der Waals surface area contributed by atoms with Crippen LogP contribution in [0.1, 0.15) is 34.1 Å². The molecule has 0 saturated carbocycles. The van der Waals surface area contributed by atoms with Gasteiger partial charge >= 0.3 is 11.9 Å². The van der Waals surface area contributed by atoms with Gasteiger partial charge in [0.15, 0.2) is 5.78 Å². The van der Waals surface area contributed by atoms with E-state index in [1.165, 1.54) is 11.8 Å². The lowest BCUT2D eigenvalue weighted by Crippen LogP contribution is -2.41. The van der Waals surface area contributed by atoms with E-state index in [4.69, 9.17) is 9.47 Å². The molecule has 0 heterocycles. The smallest absolute Gasteiger partial charge is 0.318 e. The maximum absolute atomic E-state index is 13.0. The predicted octanol–water partition coefficient (Wildman–Crippen LogP) is 3.77. The normalized spacial score (nSPS) is 20.1. The number of carbonyl (C=O) groups is 3. The topological polar surface area (TPSA) is 69.7 Å². The van der Waals surface area contributed by atoms with Crippen LogP contribution < -0.4 is 0 Å². The van der Waals surface area contributed by atoms with Crippen LogP contribution >= 0.6 is 11.8 Å². The molecule has 1 aliphatic carbocycles. The first-order valence-electron chi connectivity index (χ1n) is 8.67. The molecule has 2 atom stereocenters. The predicted molar refractivity (Wildman–Crippen MR) is 99.4 cm³/mol. The molecule has 2 rings (SSSR count). The molecule has 0 aromatic heterocycles. The highest BCUT2D eigenvalue weighted by atomic mass is 32.2. The van der Waals surface area contributed by atoms with E-state index in [0.717, 1.165) is 4.90 Å². The summed E-state index contributed by atoms with van der Waals surface area (Å²) in [5.41, 5.74) is 0. The molecule has 140 valence electrons. The highest BCUT2D eigenvalue weighted by Gasteiger charge is 2.45. The van der Waals surface area contributed by atoms with Gasteiger partial charge in [0, 0.05) is 4.90 Å². The van der Waals surface area contributed by atoms with E-state index in [-0.39, 0.29) is 24.4 Å². The number of carbonyl (C=O) groups excluding carboxylic acids is 3. The van der Waals surface area contributed by atoms with Crippen LogP contribution in [-0.2, 0) is 23.9 Å². The Morgan fingerprint density at radius 2 is 1.58 bits per heavy atom. The van der Waals surface area contributed by atoms with Gasteiger partial charge in [-0.1, -0.05) is 36.0 Å². The minimum atomic E-state index is -1.17. The zero-order valence-corrected chi connectivity index (χ0v) is 16.2. The largest absolute Gasteiger partial charge is 0.463 e. The van der Waals surface area contributed by atoms with Gasteiger partial charge in [-0.2, -0.15) is 0 Å². The van der Waals surface area contributed by atoms with Gasteiger partial charge in [0.2, 0.25) is 0 Å². The number of ether oxygens (including phenoxy) is 2. The molecule has 0 aliphatic heterocycles. The van der Waals surface area contributed by atoms with Gasteiger partial charge in [0.05, 0.1) is 23.0 Å². The molecular formula is C20H24O5S. The van der Waals surface area contributed by atoms with Crippen molar-refractivity contribution < 1.29 is 23.9 Å². The van der Waals surface area contributed by atoms with Crippen molar-refractivity contribution >= 4 is 29.5 Å². The van der Waals surface area contributed by atoms with Crippen LogP contribution in [0.25, 0.3) is 0 Å². The van der Waals surface area contributed by atoms with Gasteiger partial charge in [-0.05, 0) is 46.2 Å². The molecule has 0 radical (unpaired) electrons. The molecule has 1 aromatic rings. The van der Waals surface area contributed by atoms with Crippen molar-refractivity contribution in [2.24, 2.45) is 11.8 Å². The Morgan fingerprint density at radius 1 is 1.00 bits per heavy atom. The molecule has 5 nitrogen and oxygen atoms in total. The Hall–Kier alpha value is -2.08. The number of hydrogen-bond donors (Lipinski definition) is 0. The minimum absolute atomic E-state index is 0.268. The maximum atomic E-state index is 13.0. The summed E-state index contributed by atoms with van der Waals surface area (Å²) in [6, 6.07) is 9.42. The number of hydrogen-bond acceptors (Lipinski definition) is 6. The van der Waals surface area contributed by atoms with Crippen molar-refractivity contribution in [2.45, 2.75) is 51.2 Å². The average molecular weight is 376 g/mol. The monoisotopic (exact) mass is 376 g/mol. The zero-order chi connectivity index (χ0) is 19.3. The SMILES string of the molecule is CC(C)OC(=O)[C@@H]1C(=O)C(Sc2ccccc2)=CC[C@H]1C(=O)OC(C)C. The third-order valence-electron chi connectivity index (χ3n) is 3.72. The van der Waals surface area contributed by atoms with E-state index in [2.05, 4.69) is 0 Å². The molecule has 0 N–H and O–H groups in total. The fraction of sp³-hybridized carbons (Fsp3) is 0.450. The van der Waals surface area contributed by atoms with Gasteiger partial charge in [0.25, 0.3) is 0 Å². The number of thioether (sulfide) groups is 1. The molecule has 0 bridgehead atoms. The second-order valence-corrected chi connectivity index (χ2v) is 7.75. The Balaban J connectivity index is 2.27. The molecule has 0 amide bonds. The standard InChI is InChI=1S/C20H24O5S/c1-12(2)24-19(22)15-10-11-16(26-14-8-6-5-7-9-14)18(21)17(15)20(23)25-13(3)4/h5-9,11-13,15,17H,10H2,1-4H3/t15-,17+/m1/s1. The quantitative estimate of drug-likeness (QED) is 0.556. The molecule has 1 aromatic carbocycles. The fourth-order valence-corrected chi connectivity index (χ4v) is 3.60. The summed E-state index contributed by atoms with van der Waals surface area (Å²) in [6.07, 6.45) is 1.30. The van der Waals surface area contributed by atoms with Crippen LogP contribution in [-0.4, -0.2) is 29.9 Å². The first-order chi connectivity index (χ1) is 12.3. The second kappa shape index (κ2) is 9.03. The summed E-state index contributed by atoms with van der Waals surface area (Å²) in [6.45, 7) is 6.89. The van der Waals surface area contributed by atoms with E-state index in [1.807, 2.05) is 30.3 Å². The summed E-state index contributed by atoms with van der Waals surface area (Å²) in [5.74, 6) is -3.62. The molecule has 0 unspecified atom stereocenters. The van der Waals surface area contributed by atoms with Crippen LogP contribution in [0, 0.1) is 11.8 Å². The van der Waals surface area contributed by atoms with Crippen molar-refractivity contribution in [3.8, 4) is 0 Å². The van der Waals surface area contributed by atoms with Crippen molar-refractivity contribution in [1.82, 2.24) is 0 Å². The summed E-state index contributed by atoms with van der Waals surface area (Å²) in [4.78, 5) is 39.2. The number of Topliss-reactive ketones (excluding diaryl/α,β-unsaturated/α-hetero) is 1. The number of benzene rings is 1. The minimum Gasteiger partial charge on any atom is -0.463 e. The lowest BCUT2D eigenvalue weighted by molar-refractivity contribution is -0.167. The van der Waals surface area contributed by atoms with Gasteiger partial charge in [0.1, 0.15) is 5.92 Å².